The van der Waals surface area contributed by atoms with Crippen LogP contribution in [0.1, 0.15) is 52.4 Å². The molecule has 4 nitrogen and oxygen atoms in total. The summed E-state index contributed by atoms with van der Waals surface area (Å²) in [5.41, 5.74) is 6.16. The minimum absolute atomic E-state index is 0.0680. The lowest BCUT2D eigenvalue weighted by atomic mass is 9.80. The molecule has 0 bridgehead atoms. The Morgan fingerprint density at radius 1 is 1.21 bits per heavy atom. The van der Waals surface area contributed by atoms with E-state index in [-0.39, 0.29) is 11.4 Å². The first kappa shape index (κ1) is 16.4. The van der Waals surface area contributed by atoms with Crippen molar-refractivity contribution < 1.29 is 4.79 Å². The normalized spacial score (nSPS) is 18.6. The highest BCUT2D eigenvalue weighted by atomic mass is 16.2. The molecule has 0 atom stereocenters. The fourth-order valence-electron chi connectivity index (χ4n) is 3.07. The van der Waals surface area contributed by atoms with Crippen LogP contribution >= 0.6 is 0 Å². The van der Waals surface area contributed by atoms with Crippen molar-refractivity contribution in [3.8, 4) is 0 Å². The van der Waals surface area contributed by atoms with Crippen LogP contribution in [0.3, 0.4) is 0 Å². The zero-order valence-electron chi connectivity index (χ0n) is 13.0. The fraction of sp³-hybridized carbons (Fsp3) is 0.933. The molecule has 1 amide bonds. The molecule has 0 aromatic heterocycles. The van der Waals surface area contributed by atoms with Gasteiger partial charge in [-0.15, -0.1) is 0 Å². The summed E-state index contributed by atoms with van der Waals surface area (Å²) >= 11 is 0. The van der Waals surface area contributed by atoms with E-state index in [4.69, 9.17) is 5.73 Å². The number of carbonyl (C=O) groups is 1. The molecule has 0 radical (unpaired) electrons. The molecule has 4 heteroatoms. The van der Waals surface area contributed by atoms with Gasteiger partial charge in [0.15, 0.2) is 0 Å². The predicted octanol–water partition coefficient (Wildman–Crippen LogP) is 1.84. The predicted molar refractivity (Wildman–Crippen MR) is 80.0 cm³/mol. The molecule has 1 aliphatic rings. The number of likely N-dealkylation sites (N-methyl/N-ethyl adjacent to an activating group) is 1. The monoisotopic (exact) mass is 269 g/mol. The van der Waals surface area contributed by atoms with Crippen molar-refractivity contribution in [2.24, 2.45) is 5.73 Å². The van der Waals surface area contributed by atoms with Crippen molar-refractivity contribution in [1.29, 1.82) is 0 Å². The molecule has 1 rings (SSSR count). The molecule has 0 aliphatic heterocycles. The third-order valence-electron chi connectivity index (χ3n) is 4.55. The molecule has 1 aliphatic carbocycles. The number of amides is 1. The van der Waals surface area contributed by atoms with Crippen LogP contribution in [0.25, 0.3) is 0 Å². The zero-order chi connectivity index (χ0) is 14.3. The second-order valence-electron chi connectivity index (χ2n) is 5.82. The van der Waals surface area contributed by atoms with E-state index in [0.29, 0.717) is 13.1 Å². The smallest absolute Gasteiger partial charge is 0.236 e. The number of hydrogen-bond acceptors (Lipinski definition) is 3. The van der Waals surface area contributed by atoms with Crippen LogP contribution < -0.4 is 5.73 Å². The van der Waals surface area contributed by atoms with Gasteiger partial charge in [-0.05, 0) is 32.7 Å². The van der Waals surface area contributed by atoms with E-state index >= 15 is 0 Å². The van der Waals surface area contributed by atoms with Gasteiger partial charge in [-0.3, -0.25) is 9.69 Å². The number of rotatable bonds is 7. The maximum atomic E-state index is 12.2. The summed E-state index contributed by atoms with van der Waals surface area (Å²) in [5, 5.41) is 0. The first-order valence-corrected chi connectivity index (χ1v) is 7.78. The topological polar surface area (TPSA) is 49.6 Å². The summed E-state index contributed by atoms with van der Waals surface area (Å²) in [6.07, 6.45) is 7.17. The van der Waals surface area contributed by atoms with Crippen molar-refractivity contribution in [2.75, 3.05) is 33.2 Å². The van der Waals surface area contributed by atoms with Crippen molar-refractivity contribution in [1.82, 2.24) is 9.80 Å². The first-order chi connectivity index (χ1) is 9.09. The van der Waals surface area contributed by atoms with E-state index in [1.54, 1.807) is 4.90 Å². The maximum absolute atomic E-state index is 12.2. The van der Waals surface area contributed by atoms with E-state index in [1.807, 2.05) is 14.0 Å². The van der Waals surface area contributed by atoms with Gasteiger partial charge in [0.1, 0.15) is 0 Å². The van der Waals surface area contributed by atoms with E-state index in [0.717, 1.165) is 32.4 Å². The van der Waals surface area contributed by atoms with E-state index in [1.165, 1.54) is 19.3 Å². The fourth-order valence-corrected chi connectivity index (χ4v) is 3.07. The average molecular weight is 269 g/mol. The molecule has 1 fully saturated rings. The molecule has 0 unspecified atom stereocenters. The average Bonchev–Trinajstić information content (AvgIpc) is 2.46. The van der Waals surface area contributed by atoms with Gasteiger partial charge in [0.25, 0.3) is 0 Å². The number of nitrogens with zero attached hydrogens (tertiary/aromatic N) is 2. The van der Waals surface area contributed by atoms with Gasteiger partial charge in [-0.2, -0.15) is 0 Å². The van der Waals surface area contributed by atoms with Gasteiger partial charge in [-0.25, -0.2) is 0 Å². The Hall–Kier alpha value is -0.610. The van der Waals surface area contributed by atoms with Gasteiger partial charge >= 0.3 is 0 Å². The number of hydrogen-bond donors (Lipinski definition) is 1. The van der Waals surface area contributed by atoms with Crippen LogP contribution in [-0.4, -0.2) is 54.5 Å². The van der Waals surface area contributed by atoms with Crippen molar-refractivity contribution in [2.45, 2.75) is 57.9 Å². The van der Waals surface area contributed by atoms with Crippen molar-refractivity contribution in [3.63, 3.8) is 0 Å². The lowest BCUT2D eigenvalue weighted by Crippen LogP contribution is -2.57. The Kier molecular flexibility index (Phi) is 6.80. The van der Waals surface area contributed by atoms with Crippen LogP contribution in [0.15, 0.2) is 0 Å². The molecular formula is C15H31N3O. The van der Waals surface area contributed by atoms with Crippen LogP contribution in [0, 0.1) is 0 Å². The second kappa shape index (κ2) is 7.85. The Labute approximate surface area is 118 Å². The SMILES string of the molecule is CCCN(CC(=O)N(C)CC)C1(CN)CCCCC1. The lowest BCUT2D eigenvalue weighted by Gasteiger charge is -2.46. The largest absolute Gasteiger partial charge is 0.345 e. The van der Waals surface area contributed by atoms with Crippen LogP contribution in [0.4, 0.5) is 0 Å². The first-order valence-electron chi connectivity index (χ1n) is 7.78. The lowest BCUT2D eigenvalue weighted by molar-refractivity contribution is -0.133. The summed E-state index contributed by atoms with van der Waals surface area (Å²) in [4.78, 5) is 16.4. The molecule has 0 heterocycles. The van der Waals surface area contributed by atoms with Gasteiger partial charge in [0.2, 0.25) is 5.91 Å². The van der Waals surface area contributed by atoms with Gasteiger partial charge in [0.05, 0.1) is 6.54 Å². The third kappa shape index (κ3) is 4.18. The molecule has 0 spiro atoms. The minimum atomic E-state index is 0.0680. The summed E-state index contributed by atoms with van der Waals surface area (Å²) in [7, 11) is 1.88. The van der Waals surface area contributed by atoms with Crippen molar-refractivity contribution >= 4 is 5.91 Å². The third-order valence-corrected chi connectivity index (χ3v) is 4.55. The highest BCUT2D eigenvalue weighted by molar-refractivity contribution is 5.78. The Morgan fingerprint density at radius 2 is 1.84 bits per heavy atom. The summed E-state index contributed by atoms with van der Waals surface area (Å²) in [5.74, 6) is 0.217. The molecule has 19 heavy (non-hydrogen) atoms. The quantitative estimate of drug-likeness (QED) is 0.767. The van der Waals surface area contributed by atoms with Crippen molar-refractivity contribution in [3.05, 3.63) is 0 Å². The number of carbonyl (C=O) groups excluding carboxylic acids is 1. The minimum Gasteiger partial charge on any atom is -0.345 e. The molecule has 0 aromatic carbocycles. The highest BCUT2D eigenvalue weighted by Crippen LogP contribution is 2.33. The molecule has 2 N–H and O–H groups in total. The van der Waals surface area contributed by atoms with Gasteiger partial charge < -0.3 is 10.6 Å². The summed E-state index contributed by atoms with van der Waals surface area (Å²) in [6.45, 7) is 7.13. The Morgan fingerprint density at radius 3 is 2.32 bits per heavy atom. The highest BCUT2D eigenvalue weighted by Gasteiger charge is 2.37. The Balaban J connectivity index is 2.76. The molecule has 0 aromatic rings. The second-order valence-corrected chi connectivity index (χ2v) is 5.82. The molecule has 112 valence electrons. The van der Waals surface area contributed by atoms with Crippen LogP contribution in [-0.2, 0) is 4.79 Å². The summed E-state index contributed by atoms with van der Waals surface area (Å²) < 4.78 is 0. The van der Waals surface area contributed by atoms with E-state index in [2.05, 4.69) is 11.8 Å². The standard InChI is InChI=1S/C15H31N3O/c1-4-11-18(12-14(19)17(3)5-2)15(13-16)9-7-6-8-10-15/h4-13,16H2,1-3H3. The molecular weight excluding hydrogens is 238 g/mol. The number of nitrogens with two attached hydrogens (primary N) is 1. The van der Waals surface area contributed by atoms with Gasteiger partial charge in [0, 0.05) is 25.7 Å². The Bertz CT molecular complexity index is 275. The van der Waals surface area contributed by atoms with Gasteiger partial charge in [-0.1, -0.05) is 26.2 Å². The maximum Gasteiger partial charge on any atom is 0.236 e. The molecule has 1 saturated carbocycles. The van der Waals surface area contributed by atoms with Crippen LogP contribution in [0.5, 0.6) is 0 Å². The summed E-state index contributed by atoms with van der Waals surface area (Å²) in [6, 6.07) is 0. The molecule has 0 saturated heterocycles. The van der Waals surface area contributed by atoms with E-state index in [9.17, 15) is 4.79 Å². The zero-order valence-corrected chi connectivity index (χ0v) is 13.0. The van der Waals surface area contributed by atoms with E-state index < -0.39 is 0 Å². The van der Waals surface area contributed by atoms with Crippen LogP contribution in [0.2, 0.25) is 0 Å².